The van der Waals surface area contributed by atoms with Crippen molar-refractivity contribution in [3.63, 3.8) is 0 Å². The van der Waals surface area contributed by atoms with Gasteiger partial charge < -0.3 is 0 Å². The minimum Gasteiger partial charge on any atom is -0.298 e. The van der Waals surface area contributed by atoms with Gasteiger partial charge in [0.1, 0.15) is 11.4 Å². The van der Waals surface area contributed by atoms with E-state index < -0.39 is 22.3 Å². The molecule has 1 aromatic carbocycles. The van der Waals surface area contributed by atoms with Crippen molar-refractivity contribution in [3.05, 3.63) is 50.3 Å². The first-order valence-electron chi connectivity index (χ1n) is 6.14. The third-order valence-corrected chi connectivity index (χ3v) is 3.78. The van der Waals surface area contributed by atoms with Gasteiger partial charge in [-0.15, -0.1) is 11.3 Å². The third-order valence-electron chi connectivity index (χ3n) is 2.85. The normalized spacial score (nSPS) is 10.4. The van der Waals surface area contributed by atoms with Gasteiger partial charge in [0, 0.05) is 10.9 Å². The monoisotopic (exact) mass is 309 g/mol. The number of hydrogen-bond acceptors (Lipinski definition) is 5. The highest BCUT2D eigenvalue weighted by molar-refractivity contribution is 7.15. The molecule has 0 saturated heterocycles. The first-order valence-corrected chi connectivity index (χ1v) is 6.95. The summed E-state index contributed by atoms with van der Waals surface area (Å²) in [5, 5.41) is 13.7. The molecule has 110 valence electrons. The van der Waals surface area contributed by atoms with Crippen molar-refractivity contribution in [2.24, 2.45) is 0 Å². The van der Waals surface area contributed by atoms with Crippen LogP contribution in [-0.4, -0.2) is 15.8 Å². The van der Waals surface area contributed by atoms with Crippen LogP contribution < -0.4 is 5.32 Å². The molecule has 0 radical (unpaired) electrons. The molecule has 1 heterocycles. The van der Waals surface area contributed by atoms with E-state index in [4.69, 9.17) is 0 Å². The number of aromatic nitrogens is 1. The van der Waals surface area contributed by atoms with Crippen LogP contribution in [0.25, 0.3) is 0 Å². The van der Waals surface area contributed by atoms with Gasteiger partial charge in [-0.05, 0) is 25.5 Å². The smallest absolute Gasteiger partial charge is 0.282 e. The second-order valence-electron chi connectivity index (χ2n) is 4.25. The summed E-state index contributed by atoms with van der Waals surface area (Å²) >= 11 is 1.27. The largest absolute Gasteiger partial charge is 0.298 e. The lowest BCUT2D eigenvalue weighted by Crippen LogP contribution is -2.14. The van der Waals surface area contributed by atoms with Crippen LogP contribution in [0.1, 0.15) is 27.9 Å². The molecule has 6 nitrogen and oxygen atoms in total. The molecule has 2 aromatic rings. The molecule has 0 saturated carbocycles. The molecule has 2 rings (SSSR count). The first kappa shape index (κ1) is 15.0. The van der Waals surface area contributed by atoms with Crippen molar-refractivity contribution >= 4 is 28.1 Å². The van der Waals surface area contributed by atoms with E-state index in [0.717, 1.165) is 35.2 Å². The number of benzene rings is 1. The number of thiazole rings is 1. The van der Waals surface area contributed by atoms with Crippen LogP contribution in [0.4, 0.5) is 15.2 Å². The summed E-state index contributed by atoms with van der Waals surface area (Å²) in [6.07, 6.45) is 0.721. The summed E-state index contributed by atoms with van der Waals surface area (Å²) in [4.78, 5) is 27.4. The Morgan fingerprint density at radius 2 is 2.24 bits per heavy atom. The summed E-state index contributed by atoms with van der Waals surface area (Å²) in [6.45, 7) is 3.81. The fourth-order valence-corrected chi connectivity index (χ4v) is 2.72. The number of halogens is 1. The van der Waals surface area contributed by atoms with Gasteiger partial charge in [-0.1, -0.05) is 6.92 Å². The lowest BCUT2D eigenvalue weighted by atomic mass is 10.1. The van der Waals surface area contributed by atoms with Crippen LogP contribution in [-0.2, 0) is 6.42 Å². The fourth-order valence-electron chi connectivity index (χ4n) is 1.82. The fraction of sp³-hybridized carbons (Fsp3) is 0.231. The Bertz CT molecular complexity index is 715. The van der Waals surface area contributed by atoms with Gasteiger partial charge in [0.2, 0.25) is 0 Å². The van der Waals surface area contributed by atoms with Gasteiger partial charge in [0.25, 0.3) is 11.6 Å². The third kappa shape index (κ3) is 3.22. The van der Waals surface area contributed by atoms with E-state index in [1.54, 1.807) is 0 Å². The summed E-state index contributed by atoms with van der Waals surface area (Å²) < 4.78 is 13.2. The standard InChI is InChI=1S/C13H12FN3O3S/c1-3-10-7(2)21-13(15-10)16-12(18)9-6-8(14)4-5-11(9)17(19)20/h4-6H,3H2,1-2H3,(H,15,16,18). The first-order chi connectivity index (χ1) is 9.92. The lowest BCUT2D eigenvalue weighted by molar-refractivity contribution is -0.385. The van der Waals surface area contributed by atoms with Crippen LogP contribution in [0.2, 0.25) is 0 Å². The lowest BCUT2D eigenvalue weighted by Gasteiger charge is -2.03. The van der Waals surface area contributed by atoms with Crippen molar-refractivity contribution in [2.75, 3.05) is 5.32 Å². The molecule has 0 aliphatic rings. The van der Waals surface area contributed by atoms with Crippen molar-refractivity contribution in [3.8, 4) is 0 Å². The average Bonchev–Trinajstić information content (AvgIpc) is 2.78. The molecule has 0 aliphatic heterocycles. The number of nitrogens with one attached hydrogen (secondary N) is 1. The zero-order valence-electron chi connectivity index (χ0n) is 11.3. The minimum absolute atomic E-state index is 0.328. The van der Waals surface area contributed by atoms with Crippen LogP contribution in [0, 0.1) is 22.9 Å². The number of carbonyl (C=O) groups is 1. The molecule has 1 N–H and O–H groups in total. The SMILES string of the molecule is CCc1nc(NC(=O)c2cc(F)ccc2[N+](=O)[O-])sc1C. The summed E-state index contributed by atoms with van der Waals surface area (Å²) in [6, 6.07) is 2.75. The summed E-state index contributed by atoms with van der Waals surface area (Å²) in [5.74, 6) is -1.46. The quantitative estimate of drug-likeness (QED) is 0.693. The highest BCUT2D eigenvalue weighted by Gasteiger charge is 2.22. The molecule has 0 unspecified atom stereocenters. The number of amides is 1. The van der Waals surface area contributed by atoms with E-state index in [0.29, 0.717) is 5.13 Å². The number of nitrogens with zero attached hydrogens (tertiary/aromatic N) is 2. The van der Waals surface area contributed by atoms with E-state index in [9.17, 15) is 19.3 Å². The Kier molecular flexibility index (Phi) is 4.27. The number of rotatable bonds is 4. The minimum atomic E-state index is -0.752. The number of carbonyl (C=O) groups excluding carboxylic acids is 1. The second-order valence-corrected chi connectivity index (χ2v) is 5.45. The molecule has 0 aliphatic carbocycles. The molecule has 0 bridgehead atoms. The number of aryl methyl sites for hydroxylation is 2. The molecule has 0 spiro atoms. The number of nitro benzene ring substituents is 1. The maximum Gasteiger partial charge on any atom is 0.282 e. The molecular weight excluding hydrogens is 297 g/mol. The van der Waals surface area contributed by atoms with Crippen LogP contribution in [0.3, 0.4) is 0 Å². The van der Waals surface area contributed by atoms with Crippen LogP contribution >= 0.6 is 11.3 Å². The zero-order valence-corrected chi connectivity index (χ0v) is 12.2. The van der Waals surface area contributed by atoms with E-state index in [1.165, 1.54) is 11.3 Å². The molecule has 8 heteroatoms. The zero-order chi connectivity index (χ0) is 15.6. The Morgan fingerprint density at radius 3 is 2.81 bits per heavy atom. The Hall–Kier alpha value is -2.35. The van der Waals surface area contributed by atoms with E-state index in [1.807, 2.05) is 13.8 Å². The van der Waals surface area contributed by atoms with Gasteiger partial charge >= 0.3 is 0 Å². The molecule has 21 heavy (non-hydrogen) atoms. The highest BCUT2D eigenvalue weighted by atomic mass is 32.1. The number of nitro groups is 1. The Morgan fingerprint density at radius 1 is 1.52 bits per heavy atom. The maximum atomic E-state index is 13.2. The van der Waals surface area contributed by atoms with Gasteiger partial charge in [-0.3, -0.25) is 20.2 Å². The summed E-state index contributed by atoms with van der Waals surface area (Å²) in [5.41, 5.74) is 0.0767. The Labute approximate surface area is 123 Å². The van der Waals surface area contributed by atoms with Crippen molar-refractivity contribution in [1.82, 2.24) is 4.98 Å². The molecule has 1 aromatic heterocycles. The van der Waals surface area contributed by atoms with Gasteiger partial charge in [0.05, 0.1) is 10.6 Å². The van der Waals surface area contributed by atoms with E-state index in [2.05, 4.69) is 10.3 Å². The summed E-state index contributed by atoms with van der Waals surface area (Å²) in [7, 11) is 0. The van der Waals surface area contributed by atoms with Crippen LogP contribution in [0.15, 0.2) is 18.2 Å². The second kappa shape index (κ2) is 5.96. The number of anilines is 1. The predicted octanol–water partition coefficient (Wildman–Crippen LogP) is 3.31. The average molecular weight is 309 g/mol. The van der Waals surface area contributed by atoms with Gasteiger partial charge in [-0.2, -0.15) is 0 Å². The van der Waals surface area contributed by atoms with Crippen molar-refractivity contribution in [2.45, 2.75) is 20.3 Å². The molecule has 0 atom stereocenters. The van der Waals surface area contributed by atoms with Crippen LogP contribution in [0.5, 0.6) is 0 Å². The predicted molar refractivity (Wildman–Crippen MR) is 77.2 cm³/mol. The molecular formula is C13H12FN3O3S. The number of hydrogen-bond donors (Lipinski definition) is 1. The van der Waals surface area contributed by atoms with Crippen molar-refractivity contribution in [1.29, 1.82) is 0 Å². The van der Waals surface area contributed by atoms with Gasteiger partial charge in [-0.25, -0.2) is 9.37 Å². The van der Waals surface area contributed by atoms with E-state index >= 15 is 0 Å². The highest BCUT2D eigenvalue weighted by Crippen LogP contribution is 2.25. The van der Waals surface area contributed by atoms with Gasteiger partial charge in [0.15, 0.2) is 5.13 Å². The van der Waals surface area contributed by atoms with Crippen molar-refractivity contribution < 1.29 is 14.1 Å². The maximum absolute atomic E-state index is 13.2. The van der Waals surface area contributed by atoms with E-state index in [-0.39, 0.29) is 5.56 Å². The molecule has 0 fully saturated rings. The Balaban J connectivity index is 2.31. The topological polar surface area (TPSA) is 85.1 Å². The molecule has 1 amide bonds.